The van der Waals surface area contributed by atoms with E-state index in [9.17, 15) is 34.4 Å². The molecule has 1 aliphatic rings. The zero-order chi connectivity index (χ0) is 39.9. The van der Waals surface area contributed by atoms with Crippen molar-refractivity contribution in [2.45, 2.75) is 173 Å². The molecule has 1 unspecified atom stereocenters. The van der Waals surface area contributed by atoms with Crippen molar-refractivity contribution < 1.29 is 52.9 Å². The fourth-order valence-electron chi connectivity index (χ4n) is 6.43. The van der Waals surface area contributed by atoms with E-state index in [4.69, 9.17) is 24.3 Å². The van der Waals surface area contributed by atoms with Crippen molar-refractivity contribution in [1.82, 2.24) is 0 Å². The maximum absolute atomic E-state index is 12.7. The highest BCUT2D eigenvalue weighted by Crippen LogP contribution is 2.43. The number of allylic oxidation sites excluding steroid dienone is 3. The number of aliphatic hydroxyl groups excluding tert-OH is 3. The maximum atomic E-state index is 12.7. The van der Waals surface area contributed by atoms with Crippen LogP contribution >= 0.6 is 7.82 Å². The Labute approximate surface area is 325 Å². The van der Waals surface area contributed by atoms with E-state index in [2.05, 4.69) is 26.0 Å². The van der Waals surface area contributed by atoms with Gasteiger partial charge in [-0.1, -0.05) is 121 Å². The summed E-state index contributed by atoms with van der Waals surface area (Å²) in [6, 6.07) is 0. The van der Waals surface area contributed by atoms with Crippen LogP contribution in [0, 0.1) is 11.8 Å². The standard InChI is InChI=1S/C41H74NO11P/c1-3-5-7-8-9-10-11-12-13-14-15-16-17-18-20-25-40(46)50-32-35(33-52-54(48,49)51-30-29-42)53-41(47)26-22-21-24-36-37(39(45)31-38(36)44)28-27-34(43)23-19-6-4-2/h12-13,21-22,27-28,34-39,43-45H,3-11,14-20,23-26,29-33,42H2,1-2H3,(H,48,49)/b13-12-,22-21-,28-27+/t34-,35-,36+,37-,38+,39-/m1/s1. The molecule has 0 aliphatic heterocycles. The molecule has 12 nitrogen and oxygen atoms in total. The minimum absolute atomic E-state index is 0.00150. The number of hydrogen-bond donors (Lipinski definition) is 5. The average molecular weight is 788 g/mol. The number of ether oxygens (including phenoxy) is 2. The lowest BCUT2D eigenvalue weighted by atomic mass is 9.89. The van der Waals surface area contributed by atoms with Crippen molar-refractivity contribution in [2.24, 2.45) is 17.6 Å². The Morgan fingerprint density at radius 1 is 0.796 bits per heavy atom. The first kappa shape index (κ1) is 50.1. The fourth-order valence-corrected chi connectivity index (χ4v) is 7.19. The molecule has 0 aromatic heterocycles. The number of rotatable bonds is 34. The van der Waals surface area contributed by atoms with Gasteiger partial charge in [0.2, 0.25) is 0 Å². The topological polar surface area (TPSA) is 195 Å². The number of carbonyl (C=O) groups excluding carboxylic acids is 2. The summed E-state index contributed by atoms with van der Waals surface area (Å²) in [6.07, 6.45) is 27.3. The fraction of sp³-hybridized carbons (Fsp3) is 0.805. The number of hydrogen-bond acceptors (Lipinski definition) is 11. The van der Waals surface area contributed by atoms with E-state index in [1.54, 1.807) is 24.3 Å². The Kier molecular flexibility index (Phi) is 29.9. The number of unbranched alkanes of at least 4 members (excludes halogenated alkanes) is 13. The van der Waals surface area contributed by atoms with Crippen LogP contribution in [-0.4, -0.2) is 82.9 Å². The van der Waals surface area contributed by atoms with Crippen LogP contribution in [0.5, 0.6) is 0 Å². The minimum atomic E-state index is -4.47. The highest BCUT2D eigenvalue weighted by Gasteiger charge is 2.39. The average Bonchev–Trinajstić information content (AvgIpc) is 3.41. The first-order valence-electron chi connectivity index (χ1n) is 20.7. The summed E-state index contributed by atoms with van der Waals surface area (Å²) in [7, 11) is -4.47. The van der Waals surface area contributed by atoms with Gasteiger partial charge in [-0.15, -0.1) is 0 Å². The van der Waals surface area contributed by atoms with Crippen LogP contribution in [0.2, 0.25) is 0 Å². The summed E-state index contributed by atoms with van der Waals surface area (Å²) < 4.78 is 32.6. The van der Waals surface area contributed by atoms with Gasteiger partial charge in [-0.3, -0.25) is 18.6 Å². The number of nitrogens with two attached hydrogens (primary N) is 1. The van der Waals surface area contributed by atoms with Gasteiger partial charge in [-0.25, -0.2) is 4.57 Å². The van der Waals surface area contributed by atoms with E-state index in [0.29, 0.717) is 19.3 Å². The molecule has 1 fully saturated rings. The molecule has 314 valence electrons. The summed E-state index contributed by atoms with van der Waals surface area (Å²) in [5.74, 6) is -1.77. The molecule has 6 N–H and O–H groups in total. The molecule has 0 bridgehead atoms. The van der Waals surface area contributed by atoms with Crippen molar-refractivity contribution >= 4 is 19.8 Å². The van der Waals surface area contributed by atoms with Crippen LogP contribution in [0.15, 0.2) is 36.5 Å². The minimum Gasteiger partial charge on any atom is -0.462 e. The Balaban J connectivity index is 2.49. The summed E-state index contributed by atoms with van der Waals surface area (Å²) in [5.41, 5.74) is 5.33. The van der Waals surface area contributed by atoms with Gasteiger partial charge in [0.05, 0.1) is 37.9 Å². The molecule has 1 saturated carbocycles. The summed E-state index contributed by atoms with van der Waals surface area (Å²) >= 11 is 0. The van der Waals surface area contributed by atoms with Gasteiger partial charge >= 0.3 is 19.8 Å². The molecule has 1 aliphatic carbocycles. The van der Waals surface area contributed by atoms with Gasteiger partial charge in [-0.05, 0) is 50.9 Å². The molecule has 54 heavy (non-hydrogen) atoms. The van der Waals surface area contributed by atoms with Crippen LogP contribution in [0.4, 0.5) is 0 Å². The van der Waals surface area contributed by atoms with Crippen molar-refractivity contribution in [3.05, 3.63) is 36.5 Å². The van der Waals surface area contributed by atoms with Crippen molar-refractivity contribution in [2.75, 3.05) is 26.4 Å². The Bertz CT molecular complexity index is 1100. The lowest BCUT2D eigenvalue weighted by Crippen LogP contribution is -2.29. The molecule has 0 radical (unpaired) electrons. The Morgan fingerprint density at radius 2 is 1.43 bits per heavy atom. The molecule has 0 saturated heterocycles. The lowest BCUT2D eigenvalue weighted by Gasteiger charge is -2.20. The molecule has 0 amide bonds. The molecular formula is C41H74NO11P. The molecule has 0 aromatic rings. The quantitative estimate of drug-likeness (QED) is 0.0184. The summed E-state index contributed by atoms with van der Waals surface area (Å²) in [5, 5.41) is 31.3. The Hall–Kier alpha value is -1.89. The highest BCUT2D eigenvalue weighted by molar-refractivity contribution is 7.47. The Morgan fingerprint density at radius 3 is 2.09 bits per heavy atom. The predicted octanol–water partition coefficient (Wildman–Crippen LogP) is 7.76. The van der Waals surface area contributed by atoms with Gasteiger partial charge in [0.25, 0.3) is 0 Å². The SMILES string of the molecule is CCCCCCCC/C=C\CCCCCCCC(=O)OC[C@H](COP(=O)(O)OCCN)OC(=O)C/C=C\C[C@H]1[C@@H](/C=C/[C@H](O)CCCCC)[C@H](O)C[C@@H]1O. The predicted molar refractivity (Wildman–Crippen MR) is 212 cm³/mol. The first-order chi connectivity index (χ1) is 26.0. The number of phosphoric ester groups is 1. The van der Waals surface area contributed by atoms with Gasteiger partial charge in [0.15, 0.2) is 6.10 Å². The van der Waals surface area contributed by atoms with Gasteiger partial charge in [0, 0.05) is 25.3 Å². The molecule has 13 heteroatoms. The second-order valence-corrected chi connectivity index (χ2v) is 15.9. The van der Waals surface area contributed by atoms with Gasteiger partial charge in [-0.2, -0.15) is 0 Å². The van der Waals surface area contributed by atoms with Gasteiger partial charge in [0.1, 0.15) is 6.61 Å². The third-order valence-corrected chi connectivity index (χ3v) is 10.6. The van der Waals surface area contributed by atoms with Crippen LogP contribution < -0.4 is 5.73 Å². The van der Waals surface area contributed by atoms with E-state index in [1.807, 2.05) is 0 Å². The monoisotopic (exact) mass is 787 g/mol. The molecule has 0 heterocycles. The first-order valence-corrected chi connectivity index (χ1v) is 22.2. The normalized spacial score (nSPS) is 21.2. The lowest BCUT2D eigenvalue weighted by molar-refractivity contribution is -0.160. The highest BCUT2D eigenvalue weighted by atomic mass is 31.2. The number of aliphatic hydroxyl groups is 3. The maximum Gasteiger partial charge on any atom is 0.472 e. The largest absolute Gasteiger partial charge is 0.472 e. The second-order valence-electron chi connectivity index (χ2n) is 14.5. The molecule has 0 aromatic carbocycles. The van der Waals surface area contributed by atoms with E-state index in [1.165, 1.54) is 38.5 Å². The van der Waals surface area contributed by atoms with Crippen molar-refractivity contribution in [1.29, 1.82) is 0 Å². The van der Waals surface area contributed by atoms with Gasteiger partial charge < -0.3 is 35.4 Å². The number of carbonyl (C=O) groups is 2. The van der Waals surface area contributed by atoms with Crippen LogP contribution in [0.3, 0.4) is 0 Å². The second kappa shape index (κ2) is 32.2. The molecule has 7 atom stereocenters. The zero-order valence-electron chi connectivity index (χ0n) is 33.3. The zero-order valence-corrected chi connectivity index (χ0v) is 34.2. The third kappa shape index (κ3) is 26.1. The summed E-state index contributed by atoms with van der Waals surface area (Å²) in [4.78, 5) is 35.0. The smallest absolute Gasteiger partial charge is 0.462 e. The summed E-state index contributed by atoms with van der Waals surface area (Å²) in [6.45, 7) is 3.22. The third-order valence-electron chi connectivity index (χ3n) is 9.60. The van der Waals surface area contributed by atoms with Crippen molar-refractivity contribution in [3.63, 3.8) is 0 Å². The van der Waals surface area contributed by atoms with Crippen LogP contribution in [-0.2, 0) is 32.7 Å². The van der Waals surface area contributed by atoms with E-state index in [-0.39, 0.29) is 50.9 Å². The van der Waals surface area contributed by atoms with E-state index < -0.39 is 50.8 Å². The van der Waals surface area contributed by atoms with E-state index >= 15 is 0 Å². The molecule has 1 rings (SSSR count). The number of phosphoric acid groups is 1. The molecule has 0 spiro atoms. The number of esters is 2. The van der Waals surface area contributed by atoms with E-state index in [0.717, 1.165) is 57.8 Å². The van der Waals surface area contributed by atoms with Crippen LogP contribution in [0.1, 0.15) is 149 Å². The molecular weight excluding hydrogens is 713 g/mol. The van der Waals surface area contributed by atoms with Crippen molar-refractivity contribution in [3.8, 4) is 0 Å². The van der Waals surface area contributed by atoms with Crippen LogP contribution in [0.25, 0.3) is 0 Å².